The van der Waals surface area contributed by atoms with E-state index in [9.17, 15) is 9.59 Å². The summed E-state index contributed by atoms with van der Waals surface area (Å²) >= 11 is 8.44. The highest BCUT2D eigenvalue weighted by Crippen LogP contribution is 2.35. The third-order valence-corrected chi connectivity index (χ3v) is 5.47. The number of amides is 2. The molecule has 150 valence electrons. The third kappa shape index (κ3) is 4.65. The van der Waals surface area contributed by atoms with Crippen molar-refractivity contribution in [2.24, 2.45) is 0 Å². The zero-order chi connectivity index (χ0) is 21.1. The Labute approximate surface area is 182 Å². The minimum atomic E-state index is -0.538. The number of rotatable bonds is 5. The molecule has 1 aliphatic rings. The first-order valence-electron chi connectivity index (χ1n) is 8.71. The number of hydrogen-bond acceptors (Lipinski definition) is 5. The van der Waals surface area contributed by atoms with Gasteiger partial charge in [-0.1, -0.05) is 45.8 Å². The highest BCUT2D eigenvalue weighted by molar-refractivity contribution is 9.10. The number of nitrogens with zero attached hydrogens (tertiary/aromatic N) is 1. The predicted octanol–water partition coefficient (Wildman–Crippen LogP) is 3.60. The molecule has 1 N–H and O–H groups in total. The van der Waals surface area contributed by atoms with Crippen LogP contribution in [0.3, 0.4) is 0 Å². The van der Waals surface area contributed by atoms with Crippen LogP contribution in [-0.4, -0.2) is 36.0 Å². The van der Waals surface area contributed by atoms with Gasteiger partial charge in [-0.25, -0.2) is 0 Å². The van der Waals surface area contributed by atoms with Crippen molar-refractivity contribution in [3.8, 4) is 11.5 Å². The van der Waals surface area contributed by atoms with Crippen LogP contribution < -0.4 is 14.8 Å². The quantitative estimate of drug-likeness (QED) is 0.407. The summed E-state index contributed by atoms with van der Waals surface area (Å²) in [4.78, 5) is 25.8. The summed E-state index contributed by atoms with van der Waals surface area (Å²) in [5, 5.41) is 2.57. The highest BCUT2D eigenvalue weighted by atomic mass is 79.9. The molecule has 1 heterocycles. The molecule has 29 heavy (non-hydrogen) atoms. The molecule has 2 aromatic carbocycles. The lowest BCUT2D eigenvalue weighted by Gasteiger charge is -2.25. The largest absolute Gasteiger partial charge is 0.493 e. The monoisotopic (exact) mass is 474 g/mol. The summed E-state index contributed by atoms with van der Waals surface area (Å²) in [7, 11) is 3.04. The molecular formula is C21H19BrN2O4S. The van der Waals surface area contributed by atoms with Crippen molar-refractivity contribution in [2.45, 2.75) is 13.5 Å². The maximum absolute atomic E-state index is 12.4. The predicted molar refractivity (Wildman–Crippen MR) is 118 cm³/mol. The second-order valence-corrected chi connectivity index (χ2v) is 7.72. The second kappa shape index (κ2) is 8.75. The first-order valence-corrected chi connectivity index (χ1v) is 9.91. The number of thiocarbonyl (C=S) groups is 1. The van der Waals surface area contributed by atoms with E-state index < -0.39 is 11.8 Å². The van der Waals surface area contributed by atoms with Gasteiger partial charge in [-0.2, -0.15) is 0 Å². The fourth-order valence-electron chi connectivity index (χ4n) is 2.68. The first-order chi connectivity index (χ1) is 13.8. The zero-order valence-electron chi connectivity index (χ0n) is 16.1. The molecule has 3 rings (SSSR count). The Morgan fingerprint density at radius 3 is 2.52 bits per heavy atom. The molecule has 0 unspecified atom stereocenters. The lowest BCUT2D eigenvalue weighted by atomic mass is 10.1. The molecule has 0 aromatic heterocycles. The van der Waals surface area contributed by atoms with E-state index in [1.165, 1.54) is 30.7 Å². The van der Waals surface area contributed by atoms with Gasteiger partial charge in [-0.15, -0.1) is 0 Å². The number of carbonyl (C=O) groups is 2. The fourth-order valence-corrected chi connectivity index (χ4v) is 3.29. The summed E-state index contributed by atoms with van der Waals surface area (Å²) in [6, 6.07) is 11.5. The Morgan fingerprint density at radius 1 is 1.17 bits per heavy atom. The van der Waals surface area contributed by atoms with Crippen LogP contribution in [0.1, 0.15) is 16.7 Å². The molecule has 0 saturated carbocycles. The lowest BCUT2D eigenvalue weighted by molar-refractivity contribution is -0.128. The Hall–Kier alpha value is -2.71. The number of likely N-dealkylation sites (N-methyl/N-ethyl adjacent to an activating group) is 1. The lowest BCUT2D eigenvalue weighted by Crippen LogP contribution is -2.52. The summed E-state index contributed by atoms with van der Waals surface area (Å²) in [6.07, 6.45) is 1.49. The van der Waals surface area contributed by atoms with Crippen LogP contribution in [0.5, 0.6) is 11.5 Å². The molecule has 6 nitrogen and oxygen atoms in total. The van der Waals surface area contributed by atoms with Crippen molar-refractivity contribution in [1.82, 2.24) is 10.2 Å². The molecule has 1 saturated heterocycles. The first kappa shape index (κ1) is 21.0. The summed E-state index contributed by atoms with van der Waals surface area (Å²) in [5.74, 6) is 0.0208. The van der Waals surface area contributed by atoms with Crippen molar-refractivity contribution in [2.75, 3.05) is 14.2 Å². The Balaban J connectivity index is 1.88. The van der Waals surface area contributed by atoms with E-state index >= 15 is 0 Å². The maximum atomic E-state index is 12.4. The average molecular weight is 475 g/mol. The van der Waals surface area contributed by atoms with Gasteiger partial charge in [0, 0.05) is 11.5 Å². The second-order valence-electron chi connectivity index (χ2n) is 6.48. The Kier molecular flexibility index (Phi) is 6.34. The van der Waals surface area contributed by atoms with Gasteiger partial charge in [-0.05, 0) is 48.5 Å². The topological polar surface area (TPSA) is 67.9 Å². The number of nitrogens with one attached hydrogen (secondary N) is 1. The molecular weight excluding hydrogens is 456 g/mol. The minimum absolute atomic E-state index is 0.0165. The molecule has 2 amide bonds. The number of halogens is 1. The highest BCUT2D eigenvalue weighted by Gasteiger charge is 2.31. The van der Waals surface area contributed by atoms with E-state index in [1.54, 1.807) is 12.1 Å². The van der Waals surface area contributed by atoms with Gasteiger partial charge in [0.25, 0.3) is 11.8 Å². The average Bonchev–Trinajstić information content (AvgIpc) is 2.70. The summed E-state index contributed by atoms with van der Waals surface area (Å²) in [6.45, 7) is 2.41. The maximum Gasteiger partial charge on any atom is 0.265 e. The van der Waals surface area contributed by atoms with Crippen LogP contribution in [0.25, 0.3) is 6.08 Å². The van der Waals surface area contributed by atoms with E-state index in [0.717, 1.165) is 5.56 Å². The molecule has 0 aliphatic carbocycles. The van der Waals surface area contributed by atoms with E-state index in [4.69, 9.17) is 21.7 Å². The number of hydrogen-bond donors (Lipinski definition) is 1. The van der Waals surface area contributed by atoms with Crippen LogP contribution in [0.4, 0.5) is 0 Å². The van der Waals surface area contributed by atoms with E-state index in [-0.39, 0.29) is 10.7 Å². The molecule has 0 radical (unpaired) electrons. The smallest absolute Gasteiger partial charge is 0.265 e. The zero-order valence-corrected chi connectivity index (χ0v) is 18.5. The van der Waals surface area contributed by atoms with Gasteiger partial charge in [0.15, 0.2) is 16.6 Å². The van der Waals surface area contributed by atoms with Crippen LogP contribution in [0.15, 0.2) is 46.4 Å². The number of carbonyl (C=O) groups excluding carboxylic acids is 2. The van der Waals surface area contributed by atoms with Gasteiger partial charge in [0.2, 0.25) is 0 Å². The number of methoxy groups -OCH3 is 1. The van der Waals surface area contributed by atoms with Crippen LogP contribution in [0, 0.1) is 6.92 Å². The Bertz CT molecular complexity index is 1020. The SMILES string of the molecule is COc1cc(/C=C2\C(=O)NC(=S)N(C)C2=O)c(Br)cc1OCc1ccc(C)cc1. The van der Waals surface area contributed by atoms with Crippen molar-refractivity contribution in [3.05, 3.63) is 63.1 Å². The van der Waals surface area contributed by atoms with Gasteiger partial charge in [-0.3, -0.25) is 19.8 Å². The van der Waals surface area contributed by atoms with Crippen LogP contribution >= 0.6 is 28.1 Å². The normalized spacial score (nSPS) is 15.5. The molecule has 1 fully saturated rings. The standard InChI is InChI=1S/C21H19BrN2O4S/c1-12-4-6-13(7-5-12)11-28-18-10-16(22)14(9-17(18)27-3)8-15-19(25)23-21(29)24(2)20(15)26/h4-10H,11H2,1-3H3,(H,23,25,29)/b15-8+. The molecule has 1 aliphatic heterocycles. The van der Waals surface area contributed by atoms with Crippen molar-refractivity contribution < 1.29 is 19.1 Å². The number of aryl methyl sites for hydroxylation is 1. The minimum Gasteiger partial charge on any atom is -0.493 e. The van der Waals surface area contributed by atoms with Crippen molar-refractivity contribution in [3.63, 3.8) is 0 Å². The van der Waals surface area contributed by atoms with E-state index in [1.807, 2.05) is 31.2 Å². The van der Waals surface area contributed by atoms with E-state index in [2.05, 4.69) is 21.2 Å². The number of benzene rings is 2. The molecule has 8 heteroatoms. The fraction of sp³-hybridized carbons (Fsp3) is 0.190. The van der Waals surface area contributed by atoms with Crippen LogP contribution in [-0.2, 0) is 16.2 Å². The molecule has 0 bridgehead atoms. The van der Waals surface area contributed by atoms with E-state index in [0.29, 0.717) is 28.1 Å². The van der Waals surface area contributed by atoms with Crippen LogP contribution in [0.2, 0.25) is 0 Å². The molecule has 2 aromatic rings. The van der Waals surface area contributed by atoms with Gasteiger partial charge in [0.05, 0.1) is 7.11 Å². The number of ether oxygens (including phenoxy) is 2. The summed E-state index contributed by atoms with van der Waals surface area (Å²) in [5.41, 5.74) is 2.80. The summed E-state index contributed by atoms with van der Waals surface area (Å²) < 4.78 is 12.0. The third-order valence-electron chi connectivity index (χ3n) is 4.40. The molecule has 0 spiro atoms. The van der Waals surface area contributed by atoms with Gasteiger partial charge < -0.3 is 9.47 Å². The molecule has 0 atom stereocenters. The van der Waals surface area contributed by atoms with Crippen molar-refractivity contribution in [1.29, 1.82) is 0 Å². The Morgan fingerprint density at radius 2 is 1.86 bits per heavy atom. The van der Waals surface area contributed by atoms with Gasteiger partial charge >= 0.3 is 0 Å². The van der Waals surface area contributed by atoms with Gasteiger partial charge in [0.1, 0.15) is 12.2 Å². The van der Waals surface area contributed by atoms with Crippen molar-refractivity contribution >= 4 is 51.2 Å².